The summed E-state index contributed by atoms with van der Waals surface area (Å²) in [6, 6.07) is 4.79. The predicted molar refractivity (Wildman–Crippen MR) is 67.9 cm³/mol. The number of carbonyl (C=O) groups is 1. The molecule has 0 heterocycles. The van der Waals surface area contributed by atoms with E-state index in [0.29, 0.717) is 10.6 Å². The molecule has 1 aromatic rings. The van der Waals surface area contributed by atoms with Crippen molar-refractivity contribution >= 4 is 17.4 Å². The highest BCUT2D eigenvalue weighted by molar-refractivity contribution is 6.31. The highest BCUT2D eigenvalue weighted by atomic mass is 35.5. The molecule has 1 aromatic carbocycles. The van der Waals surface area contributed by atoms with Crippen LogP contribution in [0.15, 0.2) is 18.2 Å². The molecule has 1 unspecified atom stereocenters. The van der Waals surface area contributed by atoms with Gasteiger partial charge in [-0.25, -0.2) is 0 Å². The lowest BCUT2D eigenvalue weighted by Crippen LogP contribution is -2.42. The van der Waals surface area contributed by atoms with Gasteiger partial charge in [0.1, 0.15) is 0 Å². The van der Waals surface area contributed by atoms with Gasteiger partial charge in [0.2, 0.25) is 0 Å². The monoisotopic (exact) mass is 239 g/mol. The van der Waals surface area contributed by atoms with Gasteiger partial charge in [-0.2, -0.15) is 0 Å². The molecule has 0 aliphatic carbocycles. The second-order valence-electron chi connectivity index (χ2n) is 5.17. The molecule has 0 aliphatic rings. The molecule has 1 rings (SSSR count). The van der Waals surface area contributed by atoms with E-state index in [4.69, 9.17) is 17.3 Å². The number of carbonyl (C=O) groups excluding carboxylic acids is 1. The third-order valence-corrected chi connectivity index (χ3v) is 3.08. The second kappa shape index (κ2) is 4.56. The van der Waals surface area contributed by atoms with Crippen molar-refractivity contribution < 1.29 is 4.79 Å². The molecule has 0 fully saturated rings. The standard InChI is InChI=1S/C13H18ClNO/c1-8-5-6-9(7-10(8)14)11(16)12(15)13(2,3)4/h5-7,12H,15H2,1-4H3. The van der Waals surface area contributed by atoms with Crippen LogP contribution in [0.3, 0.4) is 0 Å². The minimum Gasteiger partial charge on any atom is -0.321 e. The van der Waals surface area contributed by atoms with Gasteiger partial charge in [0.15, 0.2) is 5.78 Å². The summed E-state index contributed by atoms with van der Waals surface area (Å²) >= 11 is 5.98. The van der Waals surface area contributed by atoms with Gasteiger partial charge >= 0.3 is 0 Å². The fourth-order valence-electron chi connectivity index (χ4n) is 1.32. The molecule has 0 aromatic heterocycles. The van der Waals surface area contributed by atoms with Crippen molar-refractivity contribution in [2.75, 3.05) is 0 Å². The molecule has 0 aliphatic heterocycles. The van der Waals surface area contributed by atoms with Crippen molar-refractivity contribution in [2.45, 2.75) is 33.7 Å². The molecule has 0 radical (unpaired) electrons. The summed E-state index contributed by atoms with van der Waals surface area (Å²) in [4.78, 5) is 12.1. The Hall–Kier alpha value is -0.860. The van der Waals surface area contributed by atoms with Crippen molar-refractivity contribution in [2.24, 2.45) is 11.1 Å². The minimum absolute atomic E-state index is 0.0607. The van der Waals surface area contributed by atoms with E-state index in [1.165, 1.54) is 0 Å². The summed E-state index contributed by atoms with van der Waals surface area (Å²) in [6.07, 6.45) is 0. The van der Waals surface area contributed by atoms with Crippen molar-refractivity contribution in [1.82, 2.24) is 0 Å². The molecule has 0 amide bonds. The molecule has 88 valence electrons. The summed E-state index contributed by atoms with van der Waals surface area (Å²) in [7, 11) is 0. The van der Waals surface area contributed by atoms with Crippen LogP contribution >= 0.6 is 11.6 Å². The topological polar surface area (TPSA) is 43.1 Å². The lowest BCUT2D eigenvalue weighted by molar-refractivity contribution is 0.0901. The SMILES string of the molecule is Cc1ccc(C(=O)C(N)C(C)(C)C)cc1Cl. The van der Waals surface area contributed by atoms with Gasteiger partial charge in [0.25, 0.3) is 0 Å². The molecule has 1 atom stereocenters. The van der Waals surface area contributed by atoms with E-state index in [0.717, 1.165) is 5.56 Å². The number of benzene rings is 1. The zero-order valence-corrected chi connectivity index (χ0v) is 10.9. The lowest BCUT2D eigenvalue weighted by Gasteiger charge is -2.25. The van der Waals surface area contributed by atoms with Crippen LogP contribution < -0.4 is 5.73 Å². The van der Waals surface area contributed by atoms with Crippen LogP contribution in [0.5, 0.6) is 0 Å². The lowest BCUT2D eigenvalue weighted by atomic mass is 9.83. The van der Waals surface area contributed by atoms with E-state index in [1.54, 1.807) is 12.1 Å². The zero-order chi connectivity index (χ0) is 12.5. The number of hydrogen-bond acceptors (Lipinski definition) is 2. The Bertz CT molecular complexity index is 407. The fourth-order valence-corrected chi connectivity index (χ4v) is 1.50. The largest absolute Gasteiger partial charge is 0.321 e. The Labute approximate surface area is 102 Å². The minimum atomic E-state index is -0.508. The number of ketones is 1. The van der Waals surface area contributed by atoms with Gasteiger partial charge in [0, 0.05) is 10.6 Å². The maximum atomic E-state index is 12.1. The first-order valence-corrected chi connectivity index (χ1v) is 5.67. The summed E-state index contributed by atoms with van der Waals surface area (Å²) in [5, 5.41) is 0.604. The maximum Gasteiger partial charge on any atom is 0.180 e. The number of aryl methyl sites for hydroxylation is 1. The first-order chi connectivity index (χ1) is 7.23. The number of halogens is 1. The molecule has 2 N–H and O–H groups in total. The summed E-state index contributed by atoms with van der Waals surface area (Å²) < 4.78 is 0. The van der Waals surface area contributed by atoms with E-state index in [2.05, 4.69) is 0 Å². The van der Waals surface area contributed by atoms with Crippen molar-refractivity contribution in [3.8, 4) is 0 Å². The van der Waals surface area contributed by atoms with Crippen LogP contribution in [-0.4, -0.2) is 11.8 Å². The normalized spacial score (nSPS) is 13.6. The van der Waals surface area contributed by atoms with E-state index < -0.39 is 6.04 Å². The summed E-state index contributed by atoms with van der Waals surface area (Å²) in [6.45, 7) is 7.75. The van der Waals surface area contributed by atoms with Gasteiger partial charge in [0.05, 0.1) is 6.04 Å². The first kappa shape index (κ1) is 13.2. The molecule has 0 bridgehead atoms. The van der Waals surface area contributed by atoms with Gasteiger partial charge < -0.3 is 5.73 Å². The van der Waals surface area contributed by atoms with E-state index in [-0.39, 0.29) is 11.2 Å². The van der Waals surface area contributed by atoms with Gasteiger partial charge in [-0.1, -0.05) is 44.5 Å². The highest BCUT2D eigenvalue weighted by Gasteiger charge is 2.28. The molecule has 0 spiro atoms. The van der Waals surface area contributed by atoms with E-state index >= 15 is 0 Å². The number of hydrogen-bond donors (Lipinski definition) is 1. The van der Waals surface area contributed by atoms with Crippen LogP contribution in [0.1, 0.15) is 36.7 Å². The maximum absolute atomic E-state index is 12.1. The number of Topliss-reactive ketones (excluding diaryl/α,β-unsaturated/α-hetero) is 1. The highest BCUT2D eigenvalue weighted by Crippen LogP contribution is 2.23. The van der Waals surface area contributed by atoms with Crippen LogP contribution in [0.4, 0.5) is 0 Å². The molecule has 0 saturated carbocycles. The Morgan fingerprint density at radius 2 is 1.94 bits per heavy atom. The Balaban J connectivity index is 3.02. The van der Waals surface area contributed by atoms with E-state index in [9.17, 15) is 4.79 Å². The third-order valence-electron chi connectivity index (χ3n) is 2.67. The zero-order valence-electron chi connectivity index (χ0n) is 10.2. The predicted octanol–water partition coefficient (Wildman–Crippen LogP) is 3.20. The van der Waals surface area contributed by atoms with Crippen LogP contribution in [-0.2, 0) is 0 Å². The summed E-state index contributed by atoms with van der Waals surface area (Å²) in [5.41, 5.74) is 7.22. The van der Waals surface area contributed by atoms with Crippen molar-refractivity contribution in [1.29, 1.82) is 0 Å². The molecular weight excluding hydrogens is 222 g/mol. The Morgan fingerprint density at radius 1 is 1.38 bits per heavy atom. The van der Waals surface area contributed by atoms with Crippen LogP contribution in [0, 0.1) is 12.3 Å². The third kappa shape index (κ3) is 2.83. The average molecular weight is 240 g/mol. The van der Waals surface area contributed by atoms with Gasteiger partial charge in [-0.15, -0.1) is 0 Å². The molecule has 3 heteroatoms. The molecule has 2 nitrogen and oxygen atoms in total. The number of nitrogens with two attached hydrogens (primary N) is 1. The molecule has 0 saturated heterocycles. The first-order valence-electron chi connectivity index (χ1n) is 5.29. The smallest absolute Gasteiger partial charge is 0.180 e. The van der Waals surface area contributed by atoms with Gasteiger partial charge in [-0.05, 0) is 24.0 Å². The number of rotatable bonds is 2. The van der Waals surface area contributed by atoms with Crippen molar-refractivity contribution in [3.05, 3.63) is 34.3 Å². The Morgan fingerprint density at radius 3 is 2.38 bits per heavy atom. The quantitative estimate of drug-likeness (QED) is 0.806. The summed E-state index contributed by atoms with van der Waals surface area (Å²) in [5.74, 6) is -0.0607. The molecular formula is C13H18ClNO. The van der Waals surface area contributed by atoms with Crippen LogP contribution in [0.25, 0.3) is 0 Å². The molecule has 16 heavy (non-hydrogen) atoms. The Kier molecular flexibility index (Phi) is 3.76. The fraction of sp³-hybridized carbons (Fsp3) is 0.462. The average Bonchev–Trinajstić information content (AvgIpc) is 2.18. The van der Waals surface area contributed by atoms with Crippen molar-refractivity contribution in [3.63, 3.8) is 0 Å². The van der Waals surface area contributed by atoms with Crippen LogP contribution in [0.2, 0.25) is 5.02 Å². The van der Waals surface area contributed by atoms with E-state index in [1.807, 2.05) is 33.8 Å². The second-order valence-corrected chi connectivity index (χ2v) is 5.58. The van der Waals surface area contributed by atoms with Gasteiger partial charge in [-0.3, -0.25) is 4.79 Å².